The van der Waals surface area contributed by atoms with E-state index in [9.17, 15) is 4.79 Å². The predicted octanol–water partition coefficient (Wildman–Crippen LogP) is 3.34. The Hall–Kier alpha value is -2.54. The zero-order chi connectivity index (χ0) is 18.2. The molecule has 2 rings (SSSR count). The van der Waals surface area contributed by atoms with Crippen molar-refractivity contribution < 1.29 is 14.3 Å². The monoisotopic (exact) mass is 405 g/mol. The smallest absolute Gasteiger partial charge is 0.259 e. The highest BCUT2D eigenvalue weighted by Crippen LogP contribution is 2.35. The van der Waals surface area contributed by atoms with Gasteiger partial charge in [-0.15, -0.1) is 0 Å². The quantitative estimate of drug-likeness (QED) is 0.547. The van der Waals surface area contributed by atoms with Crippen LogP contribution in [0.1, 0.15) is 11.1 Å². The summed E-state index contributed by atoms with van der Waals surface area (Å²) < 4.78 is 11.3. The van der Waals surface area contributed by atoms with Gasteiger partial charge in [-0.1, -0.05) is 18.2 Å². The summed E-state index contributed by atoms with van der Waals surface area (Å²) in [6, 6.07) is 11.4. The lowest BCUT2D eigenvalue weighted by atomic mass is 10.2. The Labute approximate surface area is 155 Å². The Kier molecular flexibility index (Phi) is 6.82. The van der Waals surface area contributed by atoms with Crippen molar-refractivity contribution in [3.05, 3.63) is 52.0 Å². The van der Waals surface area contributed by atoms with Gasteiger partial charge < -0.3 is 14.8 Å². The number of ether oxygens (including phenoxy) is 2. The highest BCUT2D eigenvalue weighted by Gasteiger charge is 2.09. The molecule has 25 heavy (non-hydrogen) atoms. The lowest BCUT2D eigenvalue weighted by Crippen LogP contribution is -2.26. The molecule has 2 aromatic rings. The highest BCUT2D eigenvalue weighted by molar-refractivity contribution is 9.10. The molecule has 2 aromatic carbocycles. The van der Waals surface area contributed by atoms with Gasteiger partial charge in [0, 0.05) is 5.69 Å². The van der Waals surface area contributed by atoms with Crippen molar-refractivity contribution >= 4 is 33.7 Å². The molecule has 0 aliphatic rings. The van der Waals surface area contributed by atoms with Gasteiger partial charge >= 0.3 is 0 Å². The van der Waals surface area contributed by atoms with Gasteiger partial charge in [0.2, 0.25) is 0 Å². The van der Waals surface area contributed by atoms with Crippen LogP contribution in [0.15, 0.2) is 46.0 Å². The molecule has 0 saturated heterocycles. The number of nitrogens with zero attached hydrogens (tertiary/aromatic N) is 1. The number of rotatable bonds is 7. The average molecular weight is 406 g/mol. The minimum Gasteiger partial charge on any atom is -0.493 e. The van der Waals surface area contributed by atoms with Crippen LogP contribution in [-0.4, -0.2) is 32.9 Å². The van der Waals surface area contributed by atoms with E-state index in [4.69, 9.17) is 9.47 Å². The van der Waals surface area contributed by atoms with Crippen LogP contribution in [0.2, 0.25) is 0 Å². The van der Waals surface area contributed by atoms with Crippen molar-refractivity contribution in [2.24, 2.45) is 5.10 Å². The van der Waals surface area contributed by atoms with Crippen molar-refractivity contribution in [3.8, 4) is 11.5 Å². The summed E-state index contributed by atoms with van der Waals surface area (Å²) in [6.45, 7) is 2.12. The lowest BCUT2D eigenvalue weighted by molar-refractivity contribution is -0.119. The largest absolute Gasteiger partial charge is 0.493 e. The van der Waals surface area contributed by atoms with E-state index in [1.54, 1.807) is 26.5 Å². The van der Waals surface area contributed by atoms with E-state index in [1.165, 1.54) is 0 Å². The molecule has 0 radical (unpaired) electrons. The molecule has 0 fully saturated rings. The van der Waals surface area contributed by atoms with Crippen molar-refractivity contribution in [1.82, 2.24) is 5.43 Å². The number of methoxy groups -OCH3 is 2. The minimum absolute atomic E-state index is 0.137. The summed E-state index contributed by atoms with van der Waals surface area (Å²) in [7, 11) is 3.13. The Morgan fingerprint density at radius 1 is 1.24 bits per heavy atom. The number of hydrogen-bond donors (Lipinski definition) is 2. The summed E-state index contributed by atoms with van der Waals surface area (Å²) in [5.74, 6) is 0.941. The maximum Gasteiger partial charge on any atom is 0.259 e. The standard InChI is InChI=1S/C18H20BrN3O3/c1-12-6-4-5-7-15(12)20-11-17(23)22-21-10-13-8-14(19)18(25-3)16(9-13)24-2/h4-10,20H,11H2,1-3H3,(H,22,23). The first kappa shape index (κ1) is 18.8. The number of amides is 1. The molecule has 0 aromatic heterocycles. The first-order valence-corrected chi connectivity index (χ1v) is 8.37. The van der Waals surface area contributed by atoms with Crippen molar-refractivity contribution in [2.45, 2.75) is 6.92 Å². The number of hydrogen-bond acceptors (Lipinski definition) is 5. The summed E-state index contributed by atoms with van der Waals surface area (Å²) in [5, 5.41) is 7.04. The number of nitrogens with one attached hydrogen (secondary N) is 2. The number of para-hydroxylation sites is 1. The molecule has 132 valence electrons. The number of halogens is 1. The first-order valence-electron chi connectivity index (χ1n) is 7.58. The number of carbonyl (C=O) groups excluding carboxylic acids is 1. The predicted molar refractivity (Wildman–Crippen MR) is 103 cm³/mol. The normalized spacial score (nSPS) is 10.6. The zero-order valence-electron chi connectivity index (χ0n) is 14.3. The van der Waals surface area contributed by atoms with Crippen LogP contribution in [0.3, 0.4) is 0 Å². The molecule has 0 heterocycles. The van der Waals surface area contributed by atoms with E-state index < -0.39 is 0 Å². The van der Waals surface area contributed by atoms with Gasteiger partial charge in [-0.3, -0.25) is 4.79 Å². The van der Waals surface area contributed by atoms with Crippen molar-refractivity contribution in [3.63, 3.8) is 0 Å². The molecule has 0 unspecified atom stereocenters. The second-order valence-corrected chi connectivity index (χ2v) is 6.05. The molecule has 7 heteroatoms. The maximum absolute atomic E-state index is 11.9. The van der Waals surface area contributed by atoms with E-state index in [1.807, 2.05) is 37.3 Å². The van der Waals surface area contributed by atoms with Crippen molar-refractivity contribution in [2.75, 3.05) is 26.1 Å². The molecular weight excluding hydrogens is 386 g/mol. The van der Waals surface area contributed by atoms with Gasteiger partial charge in [-0.2, -0.15) is 5.10 Å². The summed E-state index contributed by atoms with van der Waals surface area (Å²) >= 11 is 3.41. The summed E-state index contributed by atoms with van der Waals surface area (Å²) in [4.78, 5) is 11.9. The molecule has 2 N–H and O–H groups in total. The molecule has 0 aliphatic heterocycles. The van der Waals surface area contributed by atoms with Crippen LogP contribution >= 0.6 is 15.9 Å². The number of aryl methyl sites for hydroxylation is 1. The van der Waals surface area contributed by atoms with E-state index in [2.05, 4.69) is 31.8 Å². The molecule has 0 bridgehead atoms. The van der Waals surface area contributed by atoms with Crippen molar-refractivity contribution in [1.29, 1.82) is 0 Å². The van der Waals surface area contributed by atoms with Crippen LogP contribution in [0.25, 0.3) is 0 Å². The van der Waals surface area contributed by atoms with Crippen LogP contribution in [0.4, 0.5) is 5.69 Å². The molecule has 0 aliphatic carbocycles. The highest BCUT2D eigenvalue weighted by atomic mass is 79.9. The van der Waals surface area contributed by atoms with Crippen LogP contribution in [0, 0.1) is 6.92 Å². The average Bonchev–Trinajstić information content (AvgIpc) is 2.60. The summed E-state index contributed by atoms with van der Waals surface area (Å²) in [5.41, 5.74) is 5.25. The number of carbonyl (C=O) groups is 1. The fraction of sp³-hybridized carbons (Fsp3) is 0.222. The minimum atomic E-state index is -0.237. The summed E-state index contributed by atoms with van der Waals surface area (Å²) in [6.07, 6.45) is 1.54. The molecule has 1 amide bonds. The van der Waals surface area contributed by atoms with Crippen LogP contribution in [-0.2, 0) is 4.79 Å². The van der Waals surface area contributed by atoms with E-state index >= 15 is 0 Å². The molecular formula is C18H20BrN3O3. The fourth-order valence-electron chi connectivity index (χ4n) is 2.18. The van der Waals surface area contributed by atoms with Gasteiger partial charge in [0.15, 0.2) is 11.5 Å². The third-order valence-electron chi connectivity index (χ3n) is 3.44. The number of anilines is 1. The molecule has 0 atom stereocenters. The third kappa shape index (κ3) is 5.22. The Bertz CT molecular complexity index is 778. The molecule has 6 nitrogen and oxygen atoms in total. The second kappa shape index (κ2) is 9.08. The Balaban J connectivity index is 1.93. The molecule has 0 spiro atoms. The third-order valence-corrected chi connectivity index (χ3v) is 4.03. The van der Waals surface area contributed by atoms with Gasteiger partial charge in [0.25, 0.3) is 5.91 Å². The Morgan fingerprint density at radius 2 is 2.00 bits per heavy atom. The van der Waals surface area contributed by atoms with Crippen LogP contribution in [0.5, 0.6) is 11.5 Å². The van der Waals surface area contributed by atoms with Crippen LogP contribution < -0.4 is 20.2 Å². The van der Waals surface area contributed by atoms with Gasteiger partial charge in [-0.05, 0) is 52.2 Å². The number of hydrazone groups is 1. The Morgan fingerprint density at radius 3 is 2.68 bits per heavy atom. The maximum atomic E-state index is 11.9. The lowest BCUT2D eigenvalue weighted by Gasteiger charge is -2.10. The van der Waals surface area contributed by atoms with E-state index in [0.29, 0.717) is 11.5 Å². The van der Waals surface area contributed by atoms with Gasteiger partial charge in [-0.25, -0.2) is 5.43 Å². The second-order valence-electron chi connectivity index (χ2n) is 5.20. The fourth-order valence-corrected chi connectivity index (χ4v) is 2.80. The number of benzene rings is 2. The topological polar surface area (TPSA) is 72.0 Å². The first-order chi connectivity index (χ1) is 12.0. The molecule has 0 saturated carbocycles. The zero-order valence-corrected chi connectivity index (χ0v) is 15.9. The van der Waals surface area contributed by atoms with Gasteiger partial charge in [0.1, 0.15) is 0 Å². The van der Waals surface area contributed by atoms with E-state index in [-0.39, 0.29) is 12.5 Å². The van der Waals surface area contributed by atoms with E-state index in [0.717, 1.165) is 21.3 Å². The van der Waals surface area contributed by atoms with Gasteiger partial charge in [0.05, 0.1) is 31.5 Å². The SMILES string of the molecule is COc1cc(C=NNC(=O)CNc2ccccc2C)cc(Br)c1OC.